The molecule has 0 aliphatic carbocycles. The van der Waals surface area contributed by atoms with Crippen LogP contribution in [0.5, 0.6) is 5.75 Å². The third-order valence-corrected chi connectivity index (χ3v) is 2.93. The molecule has 98 valence electrons. The maximum atomic E-state index is 13.8. The van der Waals surface area contributed by atoms with Crippen molar-refractivity contribution in [1.82, 2.24) is 0 Å². The molecule has 2 aromatic rings. The number of carbonyl (C=O) groups is 1. The SMILES string of the molecule is COc1cc(F)c(C(=O)c2ccccc2Cl)cc1F. The molecule has 0 amide bonds. The van der Waals surface area contributed by atoms with Crippen molar-refractivity contribution in [1.29, 1.82) is 0 Å². The second kappa shape index (κ2) is 5.36. The number of methoxy groups -OCH3 is 1. The van der Waals surface area contributed by atoms with E-state index in [1.807, 2.05) is 0 Å². The molecule has 0 unspecified atom stereocenters. The first-order valence-corrected chi connectivity index (χ1v) is 5.74. The van der Waals surface area contributed by atoms with Crippen LogP contribution in [0.4, 0.5) is 8.78 Å². The summed E-state index contributed by atoms with van der Waals surface area (Å²) in [5.74, 6) is -2.60. The summed E-state index contributed by atoms with van der Waals surface area (Å²) in [6, 6.07) is 7.83. The van der Waals surface area contributed by atoms with Crippen molar-refractivity contribution in [2.24, 2.45) is 0 Å². The summed E-state index contributed by atoms with van der Waals surface area (Å²) in [6.45, 7) is 0. The third-order valence-electron chi connectivity index (χ3n) is 2.60. The lowest BCUT2D eigenvalue weighted by atomic mass is 10.0. The second-order valence-electron chi connectivity index (χ2n) is 3.78. The first-order valence-electron chi connectivity index (χ1n) is 5.37. The van der Waals surface area contributed by atoms with Crippen LogP contribution in [0.1, 0.15) is 15.9 Å². The van der Waals surface area contributed by atoms with E-state index in [1.54, 1.807) is 12.1 Å². The number of rotatable bonds is 3. The Labute approximate surface area is 113 Å². The van der Waals surface area contributed by atoms with Crippen molar-refractivity contribution < 1.29 is 18.3 Å². The van der Waals surface area contributed by atoms with E-state index in [0.717, 1.165) is 12.1 Å². The predicted octanol–water partition coefficient (Wildman–Crippen LogP) is 3.86. The molecule has 0 saturated carbocycles. The highest BCUT2D eigenvalue weighted by molar-refractivity contribution is 6.35. The summed E-state index contributed by atoms with van der Waals surface area (Å²) in [5, 5.41) is 0.183. The van der Waals surface area contributed by atoms with E-state index in [2.05, 4.69) is 4.74 Å². The minimum atomic E-state index is -0.858. The van der Waals surface area contributed by atoms with Gasteiger partial charge in [0, 0.05) is 11.6 Å². The topological polar surface area (TPSA) is 26.3 Å². The van der Waals surface area contributed by atoms with Gasteiger partial charge in [-0.3, -0.25) is 4.79 Å². The maximum Gasteiger partial charge on any atom is 0.197 e. The molecule has 2 aromatic carbocycles. The highest BCUT2D eigenvalue weighted by Gasteiger charge is 2.19. The summed E-state index contributed by atoms with van der Waals surface area (Å²) in [5.41, 5.74) is -0.265. The molecule has 0 N–H and O–H groups in total. The number of hydrogen-bond donors (Lipinski definition) is 0. The molecule has 5 heteroatoms. The molecule has 0 bridgehead atoms. The molecule has 2 nitrogen and oxygen atoms in total. The zero-order valence-electron chi connectivity index (χ0n) is 9.91. The molecule has 0 saturated heterocycles. The van der Waals surface area contributed by atoms with Crippen LogP contribution >= 0.6 is 11.6 Å². The van der Waals surface area contributed by atoms with Crippen LogP contribution in [0, 0.1) is 11.6 Å². The maximum absolute atomic E-state index is 13.8. The van der Waals surface area contributed by atoms with Gasteiger partial charge in [-0.25, -0.2) is 8.78 Å². The van der Waals surface area contributed by atoms with E-state index in [0.29, 0.717) is 0 Å². The Bertz CT molecular complexity index is 641. The highest BCUT2D eigenvalue weighted by Crippen LogP contribution is 2.25. The molecule has 0 spiro atoms. The molecule has 0 fully saturated rings. The standard InChI is InChI=1S/C14H9ClF2O2/c1-19-13-7-11(16)9(6-12(13)17)14(18)8-4-2-3-5-10(8)15/h2-7H,1H3. The minimum Gasteiger partial charge on any atom is -0.494 e. The lowest BCUT2D eigenvalue weighted by Gasteiger charge is -2.07. The van der Waals surface area contributed by atoms with Crippen molar-refractivity contribution >= 4 is 17.4 Å². The average molecular weight is 283 g/mol. The van der Waals surface area contributed by atoms with Gasteiger partial charge >= 0.3 is 0 Å². The predicted molar refractivity (Wildman–Crippen MR) is 67.8 cm³/mol. The first-order chi connectivity index (χ1) is 9.04. The molecular weight excluding hydrogens is 274 g/mol. The molecule has 19 heavy (non-hydrogen) atoms. The van der Waals surface area contributed by atoms with Crippen molar-refractivity contribution in [3.8, 4) is 5.75 Å². The average Bonchev–Trinajstić information content (AvgIpc) is 2.40. The van der Waals surface area contributed by atoms with E-state index in [4.69, 9.17) is 11.6 Å². The summed E-state index contributed by atoms with van der Waals surface area (Å²) >= 11 is 5.86. The van der Waals surface area contributed by atoms with Crippen LogP contribution in [0.3, 0.4) is 0 Å². The lowest BCUT2D eigenvalue weighted by Crippen LogP contribution is -2.06. The van der Waals surface area contributed by atoms with Gasteiger partial charge in [0.05, 0.1) is 17.7 Å². The van der Waals surface area contributed by atoms with Crippen LogP contribution in [0.15, 0.2) is 36.4 Å². The Morgan fingerprint density at radius 1 is 1.11 bits per heavy atom. The van der Waals surface area contributed by atoms with Crippen molar-refractivity contribution in [3.05, 3.63) is 64.2 Å². The molecule has 0 aromatic heterocycles. The van der Waals surface area contributed by atoms with Crippen LogP contribution in [0.25, 0.3) is 0 Å². The fourth-order valence-electron chi connectivity index (χ4n) is 1.65. The molecule has 0 radical (unpaired) electrons. The van der Waals surface area contributed by atoms with E-state index < -0.39 is 17.4 Å². The van der Waals surface area contributed by atoms with Gasteiger partial charge in [-0.05, 0) is 18.2 Å². The van der Waals surface area contributed by atoms with Crippen molar-refractivity contribution in [3.63, 3.8) is 0 Å². The summed E-state index contributed by atoms with van der Waals surface area (Å²) in [4.78, 5) is 12.1. The number of hydrogen-bond acceptors (Lipinski definition) is 2. The van der Waals surface area contributed by atoms with E-state index in [9.17, 15) is 13.6 Å². The zero-order valence-corrected chi connectivity index (χ0v) is 10.7. The van der Waals surface area contributed by atoms with Gasteiger partial charge in [0.15, 0.2) is 17.3 Å². The molecule has 0 aliphatic rings. The van der Waals surface area contributed by atoms with Gasteiger partial charge in [0.1, 0.15) is 5.82 Å². The minimum absolute atomic E-state index is 0.118. The van der Waals surface area contributed by atoms with E-state index in [1.165, 1.54) is 19.2 Å². The van der Waals surface area contributed by atoms with Gasteiger partial charge in [-0.2, -0.15) is 0 Å². The largest absolute Gasteiger partial charge is 0.494 e. The molecule has 0 atom stereocenters. The van der Waals surface area contributed by atoms with Crippen molar-refractivity contribution in [2.45, 2.75) is 0 Å². The van der Waals surface area contributed by atoms with Crippen LogP contribution < -0.4 is 4.74 Å². The van der Waals surface area contributed by atoms with Crippen LogP contribution in [0.2, 0.25) is 5.02 Å². The normalized spacial score (nSPS) is 10.3. The van der Waals surface area contributed by atoms with Gasteiger partial charge < -0.3 is 4.74 Å². The van der Waals surface area contributed by atoms with Gasteiger partial charge in [0.25, 0.3) is 0 Å². The van der Waals surface area contributed by atoms with Crippen LogP contribution in [-0.2, 0) is 0 Å². The highest BCUT2D eigenvalue weighted by atomic mass is 35.5. The number of ether oxygens (including phenoxy) is 1. The summed E-state index contributed by atoms with van der Waals surface area (Å²) in [6.07, 6.45) is 0. The number of ketones is 1. The Morgan fingerprint density at radius 2 is 1.79 bits per heavy atom. The van der Waals surface area contributed by atoms with Crippen molar-refractivity contribution in [2.75, 3.05) is 7.11 Å². The fourth-order valence-corrected chi connectivity index (χ4v) is 1.87. The molecule has 0 aliphatic heterocycles. The first kappa shape index (κ1) is 13.5. The molecular formula is C14H9ClF2O2. The van der Waals surface area contributed by atoms with E-state index >= 15 is 0 Å². The summed E-state index contributed by atoms with van der Waals surface area (Å²) in [7, 11) is 1.22. The smallest absolute Gasteiger partial charge is 0.197 e. The quantitative estimate of drug-likeness (QED) is 0.799. The lowest BCUT2D eigenvalue weighted by molar-refractivity contribution is 0.103. The van der Waals surface area contributed by atoms with E-state index in [-0.39, 0.29) is 21.9 Å². The Morgan fingerprint density at radius 3 is 2.42 bits per heavy atom. The Hall–Kier alpha value is -1.94. The summed E-state index contributed by atoms with van der Waals surface area (Å²) < 4.78 is 31.9. The number of halogens is 3. The monoisotopic (exact) mass is 282 g/mol. The Kier molecular flexibility index (Phi) is 3.81. The third kappa shape index (κ3) is 2.58. The number of carbonyl (C=O) groups excluding carboxylic acids is 1. The number of benzene rings is 2. The zero-order chi connectivity index (χ0) is 14.0. The second-order valence-corrected chi connectivity index (χ2v) is 4.18. The molecule has 2 rings (SSSR count). The van der Waals surface area contributed by atoms with Crippen LogP contribution in [-0.4, -0.2) is 12.9 Å². The molecule has 0 heterocycles. The van der Waals surface area contributed by atoms with Gasteiger partial charge in [0.2, 0.25) is 0 Å². The fraction of sp³-hybridized carbons (Fsp3) is 0.0714. The Balaban J connectivity index is 2.51. The van der Waals surface area contributed by atoms with Gasteiger partial charge in [-0.1, -0.05) is 23.7 Å². The van der Waals surface area contributed by atoms with Gasteiger partial charge in [-0.15, -0.1) is 0 Å².